The number of para-hydroxylation sites is 1. The van der Waals surface area contributed by atoms with E-state index >= 15 is 0 Å². The fraction of sp³-hybridized carbons (Fsp3) is 0.538. The van der Waals surface area contributed by atoms with Gasteiger partial charge in [-0.25, -0.2) is 0 Å². The van der Waals surface area contributed by atoms with E-state index in [1.807, 2.05) is 18.2 Å². The van der Waals surface area contributed by atoms with Crippen LogP contribution in [0.25, 0.3) is 0 Å². The molecular formula is C13H22N2O. The monoisotopic (exact) mass is 222 g/mol. The van der Waals surface area contributed by atoms with Gasteiger partial charge in [0.1, 0.15) is 5.75 Å². The maximum Gasteiger partial charge on any atom is 0.123 e. The SMILES string of the molecule is COc1ccccc1CNCCC(C)CN. The molecule has 90 valence electrons. The van der Waals surface area contributed by atoms with Crippen LogP contribution in [-0.2, 0) is 6.54 Å². The Morgan fingerprint density at radius 1 is 1.38 bits per heavy atom. The molecule has 0 saturated carbocycles. The van der Waals surface area contributed by atoms with Crippen molar-refractivity contribution >= 4 is 0 Å². The van der Waals surface area contributed by atoms with Crippen molar-refractivity contribution < 1.29 is 4.74 Å². The zero-order valence-corrected chi connectivity index (χ0v) is 10.2. The first-order valence-electron chi connectivity index (χ1n) is 5.80. The largest absolute Gasteiger partial charge is 0.496 e. The lowest BCUT2D eigenvalue weighted by Crippen LogP contribution is -2.20. The molecule has 1 aromatic carbocycles. The highest BCUT2D eigenvalue weighted by Gasteiger charge is 2.01. The van der Waals surface area contributed by atoms with Gasteiger partial charge in [-0.1, -0.05) is 25.1 Å². The lowest BCUT2D eigenvalue weighted by atomic mass is 10.1. The summed E-state index contributed by atoms with van der Waals surface area (Å²) in [5, 5.41) is 3.41. The van der Waals surface area contributed by atoms with Crippen molar-refractivity contribution in [2.24, 2.45) is 11.7 Å². The van der Waals surface area contributed by atoms with Gasteiger partial charge in [0.25, 0.3) is 0 Å². The van der Waals surface area contributed by atoms with Gasteiger partial charge in [0, 0.05) is 12.1 Å². The summed E-state index contributed by atoms with van der Waals surface area (Å²) in [6, 6.07) is 8.08. The first kappa shape index (κ1) is 13.0. The fourth-order valence-electron chi connectivity index (χ4n) is 1.54. The van der Waals surface area contributed by atoms with E-state index in [9.17, 15) is 0 Å². The second-order valence-corrected chi connectivity index (χ2v) is 4.12. The molecule has 0 amide bonds. The lowest BCUT2D eigenvalue weighted by Gasteiger charge is -2.11. The van der Waals surface area contributed by atoms with Gasteiger partial charge in [0.15, 0.2) is 0 Å². The van der Waals surface area contributed by atoms with Gasteiger partial charge >= 0.3 is 0 Å². The molecule has 1 aromatic rings. The van der Waals surface area contributed by atoms with Gasteiger partial charge < -0.3 is 15.8 Å². The van der Waals surface area contributed by atoms with Gasteiger partial charge in [0.05, 0.1) is 7.11 Å². The number of rotatable bonds is 7. The summed E-state index contributed by atoms with van der Waals surface area (Å²) in [7, 11) is 1.70. The zero-order chi connectivity index (χ0) is 11.8. The van der Waals surface area contributed by atoms with E-state index in [4.69, 9.17) is 10.5 Å². The molecule has 3 heteroatoms. The van der Waals surface area contributed by atoms with Crippen molar-refractivity contribution in [2.75, 3.05) is 20.2 Å². The Hall–Kier alpha value is -1.06. The van der Waals surface area contributed by atoms with Crippen LogP contribution in [0.4, 0.5) is 0 Å². The molecule has 0 bridgehead atoms. The third-order valence-corrected chi connectivity index (χ3v) is 2.72. The third kappa shape index (κ3) is 4.21. The Labute approximate surface area is 98.0 Å². The predicted octanol–water partition coefficient (Wildman–Crippen LogP) is 1.77. The summed E-state index contributed by atoms with van der Waals surface area (Å²) >= 11 is 0. The molecule has 0 aliphatic carbocycles. The molecule has 0 spiro atoms. The number of methoxy groups -OCH3 is 1. The summed E-state index contributed by atoms with van der Waals surface area (Å²) in [6.07, 6.45) is 1.12. The van der Waals surface area contributed by atoms with Crippen LogP contribution < -0.4 is 15.8 Å². The van der Waals surface area contributed by atoms with Crippen molar-refractivity contribution in [3.63, 3.8) is 0 Å². The van der Waals surface area contributed by atoms with E-state index in [2.05, 4.69) is 18.3 Å². The van der Waals surface area contributed by atoms with Gasteiger partial charge in [-0.15, -0.1) is 0 Å². The van der Waals surface area contributed by atoms with Crippen LogP contribution in [0.1, 0.15) is 18.9 Å². The quantitative estimate of drug-likeness (QED) is 0.691. The maximum absolute atomic E-state index is 5.56. The third-order valence-electron chi connectivity index (χ3n) is 2.72. The van der Waals surface area contributed by atoms with E-state index in [1.165, 1.54) is 5.56 Å². The highest BCUT2D eigenvalue weighted by molar-refractivity contribution is 5.32. The van der Waals surface area contributed by atoms with Crippen molar-refractivity contribution in [1.29, 1.82) is 0 Å². The van der Waals surface area contributed by atoms with Crippen molar-refractivity contribution in [2.45, 2.75) is 19.9 Å². The summed E-state index contributed by atoms with van der Waals surface area (Å²) in [5.41, 5.74) is 6.76. The van der Waals surface area contributed by atoms with Crippen LogP contribution >= 0.6 is 0 Å². The molecule has 1 atom stereocenters. The Morgan fingerprint density at radius 2 is 2.12 bits per heavy atom. The van der Waals surface area contributed by atoms with E-state index in [0.29, 0.717) is 5.92 Å². The summed E-state index contributed by atoms with van der Waals surface area (Å²) in [5.74, 6) is 1.53. The molecule has 0 aliphatic rings. The average Bonchev–Trinajstić information content (AvgIpc) is 2.34. The van der Waals surface area contributed by atoms with Crippen LogP contribution in [0.5, 0.6) is 5.75 Å². The summed E-state index contributed by atoms with van der Waals surface area (Å²) in [6.45, 7) is 4.78. The van der Waals surface area contributed by atoms with E-state index < -0.39 is 0 Å². The topological polar surface area (TPSA) is 47.3 Å². The van der Waals surface area contributed by atoms with Crippen molar-refractivity contribution in [1.82, 2.24) is 5.32 Å². The van der Waals surface area contributed by atoms with Crippen LogP contribution in [0.15, 0.2) is 24.3 Å². The van der Waals surface area contributed by atoms with Crippen LogP contribution in [0, 0.1) is 5.92 Å². The number of ether oxygens (including phenoxy) is 1. The number of nitrogens with one attached hydrogen (secondary N) is 1. The Kier molecular flexibility index (Phi) is 5.90. The predicted molar refractivity (Wildman–Crippen MR) is 67.5 cm³/mol. The molecule has 0 heterocycles. The minimum atomic E-state index is 0.588. The molecule has 0 aliphatic heterocycles. The maximum atomic E-state index is 5.56. The normalized spacial score (nSPS) is 12.4. The standard InChI is InChI=1S/C13H22N2O/c1-11(9-14)7-8-15-10-12-5-3-4-6-13(12)16-2/h3-6,11,15H,7-10,14H2,1-2H3. The molecule has 0 fully saturated rings. The van der Waals surface area contributed by atoms with Crippen LogP contribution in [-0.4, -0.2) is 20.2 Å². The molecule has 0 saturated heterocycles. The van der Waals surface area contributed by atoms with Gasteiger partial charge in [-0.05, 0) is 31.5 Å². The number of nitrogens with two attached hydrogens (primary N) is 1. The zero-order valence-electron chi connectivity index (χ0n) is 10.2. The first-order valence-corrected chi connectivity index (χ1v) is 5.80. The molecule has 3 nitrogen and oxygen atoms in total. The van der Waals surface area contributed by atoms with Crippen LogP contribution in [0.3, 0.4) is 0 Å². The highest BCUT2D eigenvalue weighted by atomic mass is 16.5. The minimum Gasteiger partial charge on any atom is -0.496 e. The molecular weight excluding hydrogens is 200 g/mol. The molecule has 1 unspecified atom stereocenters. The second kappa shape index (κ2) is 7.25. The summed E-state index contributed by atoms with van der Waals surface area (Å²) < 4.78 is 5.28. The second-order valence-electron chi connectivity index (χ2n) is 4.12. The van der Waals surface area contributed by atoms with E-state index in [1.54, 1.807) is 7.11 Å². The Balaban J connectivity index is 2.31. The Morgan fingerprint density at radius 3 is 2.81 bits per heavy atom. The van der Waals surface area contributed by atoms with E-state index in [0.717, 1.165) is 31.8 Å². The average molecular weight is 222 g/mol. The number of hydrogen-bond acceptors (Lipinski definition) is 3. The molecule has 0 radical (unpaired) electrons. The fourth-order valence-corrected chi connectivity index (χ4v) is 1.54. The van der Waals surface area contributed by atoms with Gasteiger partial charge in [-0.3, -0.25) is 0 Å². The summed E-state index contributed by atoms with van der Waals surface area (Å²) in [4.78, 5) is 0. The number of benzene rings is 1. The molecule has 1 rings (SSSR count). The van der Waals surface area contributed by atoms with Gasteiger partial charge in [0.2, 0.25) is 0 Å². The highest BCUT2D eigenvalue weighted by Crippen LogP contribution is 2.16. The van der Waals surface area contributed by atoms with E-state index in [-0.39, 0.29) is 0 Å². The molecule has 3 N–H and O–H groups in total. The van der Waals surface area contributed by atoms with Crippen LogP contribution in [0.2, 0.25) is 0 Å². The smallest absolute Gasteiger partial charge is 0.123 e. The minimum absolute atomic E-state index is 0.588. The lowest BCUT2D eigenvalue weighted by molar-refractivity contribution is 0.407. The molecule has 0 aromatic heterocycles. The van der Waals surface area contributed by atoms with Crippen molar-refractivity contribution in [3.05, 3.63) is 29.8 Å². The number of hydrogen-bond donors (Lipinski definition) is 2. The first-order chi connectivity index (χ1) is 7.77. The van der Waals surface area contributed by atoms with Crippen molar-refractivity contribution in [3.8, 4) is 5.75 Å². The molecule has 16 heavy (non-hydrogen) atoms. The Bertz CT molecular complexity index is 302. The van der Waals surface area contributed by atoms with Gasteiger partial charge in [-0.2, -0.15) is 0 Å².